The van der Waals surface area contributed by atoms with Crippen molar-refractivity contribution in [3.63, 3.8) is 0 Å². The van der Waals surface area contributed by atoms with Crippen LogP contribution in [-0.2, 0) is 6.54 Å². The van der Waals surface area contributed by atoms with E-state index in [9.17, 15) is 0 Å². The molecule has 0 aliphatic heterocycles. The highest BCUT2D eigenvalue weighted by Gasteiger charge is 2.08. The Morgan fingerprint density at radius 3 is 3.14 bits per heavy atom. The number of aliphatic hydroxyl groups excluding tert-OH is 1. The molecule has 0 saturated carbocycles. The molecule has 2 N–H and O–H groups in total. The van der Waals surface area contributed by atoms with E-state index in [1.807, 2.05) is 17.5 Å². The third-order valence-electron chi connectivity index (χ3n) is 1.82. The summed E-state index contributed by atoms with van der Waals surface area (Å²) in [7, 11) is 0. The van der Waals surface area contributed by atoms with Gasteiger partial charge in [0.2, 0.25) is 0 Å². The van der Waals surface area contributed by atoms with Crippen molar-refractivity contribution in [2.75, 3.05) is 6.61 Å². The second-order valence-electron chi connectivity index (χ2n) is 2.70. The number of rotatable bonds is 3. The van der Waals surface area contributed by atoms with Crippen LogP contribution in [0.15, 0.2) is 17.5 Å². The minimum absolute atomic E-state index is 0.0617. The van der Waals surface area contributed by atoms with Crippen molar-refractivity contribution in [1.29, 1.82) is 0 Å². The molecule has 2 aromatic heterocycles. The van der Waals surface area contributed by atoms with Gasteiger partial charge in [-0.2, -0.15) is 5.10 Å². The summed E-state index contributed by atoms with van der Waals surface area (Å²) in [5, 5.41) is 17.7. The Balaban J connectivity index is 2.48. The van der Waals surface area contributed by atoms with Crippen molar-refractivity contribution >= 4 is 23.6 Å². The Hall–Kier alpha value is -0.980. The van der Waals surface area contributed by atoms with E-state index >= 15 is 0 Å². The molecule has 2 aromatic rings. The maximum Gasteiger partial charge on any atom is 0.195 e. The van der Waals surface area contributed by atoms with Crippen molar-refractivity contribution in [3.05, 3.63) is 22.3 Å². The largest absolute Gasteiger partial charge is 0.395 e. The van der Waals surface area contributed by atoms with Crippen molar-refractivity contribution in [2.45, 2.75) is 6.54 Å². The third-order valence-corrected chi connectivity index (χ3v) is 3.00. The molecule has 14 heavy (non-hydrogen) atoms. The van der Waals surface area contributed by atoms with Crippen molar-refractivity contribution < 1.29 is 5.11 Å². The highest BCUT2D eigenvalue weighted by atomic mass is 32.1. The van der Waals surface area contributed by atoms with E-state index in [0.29, 0.717) is 11.3 Å². The highest BCUT2D eigenvalue weighted by molar-refractivity contribution is 7.71. The summed E-state index contributed by atoms with van der Waals surface area (Å²) in [5.74, 6) is 0.791. The molecule has 0 spiro atoms. The zero-order valence-electron chi connectivity index (χ0n) is 7.30. The zero-order chi connectivity index (χ0) is 9.97. The fourth-order valence-electron chi connectivity index (χ4n) is 1.22. The fraction of sp³-hybridized carbons (Fsp3) is 0.250. The first kappa shape index (κ1) is 9.57. The first-order valence-corrected chi connectivity index (χ1v) is 5.41. The Labute approximate surface area is 89.8 Å². The molecule has 2 heterocycles. The zero-order valence-corrected chi connectivity index (χ0v) is 8.94. The minimum Gasteiger partial charge on any atom is -0.395 e. The van der Waals surface area contributed by atoms with Crippen LogP contribution in [0.1, 0.15) is 0 Å². The molecule has 2 rings (SSSR count). The summed E-state index contributed by atoms with van der Waals surface area (Å²) in [6, 6.07) is 3.94. The number of thiophene rings is 1. The van der Waals surface area contributed by atoms with Crippen LogP contribution >= 0.6 is 23.6 Å². The monoisotopic (exact) mass is 227 g/mol. The Bertz CT molecular complexity index is 457. The van der Waals surface area contributed by atoms with Gasteiger partial charge in [-0.05, 0) is 23.7 Å². The first-order chi connectivity index (χ1) is 6.83. The number of hydrogen-bond acceptors (Lipinski definition) is 4. The van der Waals surface area contributed by atoms with Crippen LogP contribution in [0.3, 0.4) is 0 Å². The lowest BCUT2D eigenvalue weighted by atomic mass is 10.4. The molecule has 0 amide bonds. The number of H-pyrrole nitrogens is 1. The average molecular weight is 227 g/mol. The van der Waals surface area contributed by atoms with Gasteiger partial charge >= 0.3 is 0 Å². The lowest BCUT2D eigenvalue weighted by Gasteiger charge is -2.01. The molecule has 0 saturated heterocycles. The summed E-state index contributed by atoms with van der Waals surface area (Å²) >= 11 is 6.65. The summed E-state index contributed by atoms with van der Waals surface area (Å²) in [5.41, 5.74) is 0. The third kappa shape index (κ3) is 1.63. The Morgan fingerprint density at radius 2 is 2.50 bits per heavy atom. The normalized spacial score (nSPS) is 10.6. The second-order valence-corrected chi connectivity index (χ2v) is 4.04. The van der Waals surface area contributed by atoms with Gasteiger partial charge in [-0.25, -0.2) is 0 Å². The quantitative estimate of drug-likeness (QED) is 0.784. The minimum atomic E-state index is 0.0617. The van der Waals surface area contributed by atoms with Gasteiger partial charge in [0.25, 0.3) is 0 Å². The molecule has 74 valence electrons. The predicted octanol–water partition coefficient (Wildman–Crippen LogP) is 1.66. The van der Waals surface area contributed by atoms with Crippen molar-refractivity contribution in [2.24, 2.45) is 0 Å². The maximum absolute atomic E-state index is 8.88. The standard InChI is InChI=1S/C8H9N3OS2/c12-4-3-11-7(9-10-8(11)13)6-2-1-5-14-6/h1-2,5,12H,3-4H2,(H,10,13). The van der Waals surface area contributed by atoms with Crippen LogP contribution < -0.4 is 0 Å². The second kappa shape index (κ2) is 4.04. The van der Waals surface area contributed by atoms with Crippen LogP contribution in [0.25, 0.3) is 10.7 Å². The molecule has 0 radical (unpaired) electrons. The molecule has 0 aromatic carbocycles. The number of nitrogens with one attached hydrogen (secondary N) is 1. The number of nitrogens with zero attached hydrogens (tertiary/aromatic N) is 2. The smallest absolute Gasteiger partial charge is 0.195 e. The molecule has 6 heteroatoms. The SMILES string of the molecule is OCCn1c(-c2cccs2)n[nH]c1=S. The van der Waals surface area contributed by atoms with E-state index in [1.165, 1.54) is 0 Å². The van der Waals surface area contributed by atoms with Crippen LogP contribution in [0, 0.1) is 4.77 Å². The van der Waals surface area contributed by atoms with Crippen LogP contribution in [-0.4, -0.2) is 26.5 Å². The molecule has 0 fully saturated rings. The Morgan fingerprint density at radius 1 is 1.64 bits per heavy atom. The van der Waals surface area contributed by atoms with Crippen molar-refractivity contribution in [3.8, 4) is 10.7 Å². The fourth-order valence-corrected chi connectivity index (χ4v) is 2.16. The average Bonchev–Trinajstić information content (AvgIpc) is 2.77. The summed E-state index contributed by atoms with van der Waals surface area (Å²) in [6.07, 6.45) is 0. The number of hydrogen-bond donors (Lipinski definition) is 2. The number of aliphatic hydroxyl groups is 1. The van der Waals surface area contributed by atoms with E-state index in [0.717, 1.165) is 10.7 Å². The number of aromatic nitrogens is 3. The predicted molar refractivity (Wildman–Crippen MR) is 57.8 cm³/mol. The Kier molecular flexibility index (Phi) is 2.76. The van der Waals surface area contributed by atoms with Gasteiger partial charge in [-0.15, -0.1) is 11.3 Å². The number of aromatic amines is 1. The topological polar surface area (TPSA) is 53.8 Å². The molecule has 0 unspecified atom stereocenters. The lowest BCUT2D eigenvalue weighted by molar-refractivity contribution is 0.276. The molecule has 0 aliphatic rings. The van der Waals surface area contributed by atoms with E-state index in [1.54, 1.807) is 15.9 Å². The summed E-state index contributed by atoms with van der Waals surface area (Å²) in [6.45, 7) is 0.536. The first-order valence-electron chi connectivity index (χ1n) is 4.13. The molecule has 0 atom stereocenters. The van der Waals surface area contributed by atoms with E-state index in [-0.39, 0.29) is 6.61 Å². The summed E-state index contributed by atoms with van der Waals surface area (Å²) < 4.78 is 2.34. The molecule has 0 bridgehead atoms. The van der Waals surface area contributed by atoms with Crippen molar-refractivity contribution in [1.82, 2.24) is 14.8 Å². The molecular weight excluding hydrogens is 218 g/mol. The summed E-state index contributed by atoms with van der Waals surface area (Å²) in [4.78, 5) is 1.05. The molecular formula is C8H9N3OS2. The molecule has 0 aliphatic carbocycles. The van der Waals surface area contributed by atoms with E-state index in [2.05, 4.69) is 10.2 Å². The van der Waals surface area contributed by atoms with Gasteiger partial charge in [0.05, 0.1) is 18.0 Å². The van der Waals surface area contributed by atoms with Crippen LogP contribution in [0.4, 0.5) is 0 Å². The lowest BCUT2D eigenvalue weighted by Crippen LogP contribution is -2.03. The highest BCUT2D eigenvalue weighted by Crippen LogP contribution is 2.22. The molecule has 4 nitrogen and oxygen atoms in total. The van der Waals surface area contributed by atoms with E-state index in [4.69, 9.17) is 17.3 Å². The van der Waals surface area contributed by atoms with Crippen LogP contribution in [0.2, 0.25) is 0 Å². The van der Waals surface area contributed by atoms with Gasteiger partial charge in [0, 0.05) is 0 Å². The van der Waals surface area contributed by atoms with Gasteiger partial charge in [0.15, 0.2) is 10.6 Å². The van der Waals surface area contributed by atoms with Gasteiger partial charge in [-0.1, -0.05) is 6.07 Å². The maximum atomic E-state index is 8.88. The van der Waals surface area contributed by atoms with Crippen LogP contribution in [0.5, 0.6) is 0 Å². The van der Waals surface area contributed by atoms with E-state index < -0.39 is 0 Å². The van der Waals surface area contributed by atoms with Gasteiger partial charge in [-0.3, -0.25) is 9.67 Å². The van der Waals surface area contributed by atoms with Gasteiger partial charge < -0.3 is 5.11 Å². The van der Waals surface area contributed by atoms with Gasteiger partial charge in [0.1, 0.15) is 0 Å².